The molecule has 1 aromatic heterocycles. The van der Waals surface area contributed by atoms with Crippen LogP contribution in [0.2, 0.25) is 0 Å². The van der Waals surface area contributed by atoms with Crippen LogP contribution >= 0.6 is 0 Å². The number of fused-ring (bicyclic) bond motifs is 6. The lowest BCUT2D eigenvalue weighted by Crippen LogP contribution is -2.17. The topological polar surface area (TPSA) is 22.1 Å². The average molecular weight is 339 g/mol. The molecule has 0 saturated carbocycles. The van der Waals surface area contributed by atoms with Crippen molar-refractivity contribution in [3.8, 4) is 17.0 Å². The second kappa shape index (κ2) is 5.31. The van der Waals surface area contributed by atoms with Crippen LogP contribution in [0.4, 0.5) is 0 Å². The van der Waals surface area contributed by atoms with Gasteiger partial charge in [0, 0.05) is 16.4 Å². The van der Waals surface area contributed by atoms with E-state index < -0.39 is 0 Å². The van der Waals surface area contributed by atoms with Crippen LogP contribution in [0.5, 0.6) is 5.88 Å². The van der Waals surface area contributed by atoms with Crippen molar-refractivity contribution in [3.63, 3.8) is 0 Å². The van der Waals surface area contributed by atoms with Crippen LogP contribution in [0.3, 0.4) is 0 Å². The fraction of sp³-hybridized carbons (Fsp3) is 0.208. The molecule has 1 heterocycles. The van der Waals surface area contributed by atoms with Crippen LogP contribution in [-0.4, -0.2) is 11.6 Å². The van der Waals surface area contributed by atoms with Crippen LogP contribution in [0.25, 0.3) is 32.7 Å². The van der Waals surface area contributed by atoms with Crippen LogP contribution in [0.1, 0.15) is 32.0 Å². The predicted molar refractivity (Wildman–Crippen MR) is 108 cm³/mol. The third kappa shape index (κ3) is 1.96. The van der Waals surface area contributed by atoms with Gasteiger partial charge in [0.05, 0.1) is 12.3 Å². The molecule has 0 amide bonds. The predicted octanol–water partition coefficient (Wildman–Crippen LogP) is 6.09. The Kier molecular flexibility index (Phi) is 3.14. The van der Waals surface area contributed by atoms with Crippen molar-refractivity contribution in [2.45, 2.75) is 26.2 Å². The average Bonchev–Trinajstić information content (AvgIpc) is 2.88. The van der Waals surface area contributed by atoms with Crippen molar-refractivity contribution in [1.82, 2.24) is 4.98 Å². The normalized spacial score (nSPS) is 14.4. The fourth-order valence-corrected chi connectivity index (χ4v) is 4.31. The summed E-state index contributed by atoms with van der Waals surface area (Å²) in [4.78, 5) is 5.02. The molecule has 0 atom stereocenters. The Hall–Kier alpha value is -2.87. The van der Waals surface area contributed by atoms with E-state index in [-0.39, 0.29) is 5.41 Å². The zero-order chi connectivity index (χ0) is 17.9. The Bertz CT molecular complexity index is 1170. The number of ether oxygens (including phenoxy) is 1. The number of hydrogen-bond donors (Lipinski definition) is 0. The van der Waals surface area contributed by atoms with Crippen LogP contribution in [0.15, 0.2) is 60.7 Å². The first-order valence-corrected chi connectivity index (χ1v) is 9.21. The van der Waals surface area contributed by atoms with E-state index in [0.717, 1.165) is 17.0 Å². The monoisotopic (exact) mass is 339 g/mol. The lowest BCUT2D eigenvalue weighted by molar-refractivity contribution is 0.329. The molecular formula is C24H21NO. The summed E-state index contributed by atoms with van der Waals surface area (Å²) in [5.41, 5.74) is 4.88. The van der Waals surface area contributed by atoms with E-state index in [1.54, 1.807) is 0 Å². The Morgan fingerprint density at radius 3 is 2.27 bits per heavy atom. The first-order valence-electron chi connectivity index (χ1n) is 9.21. The van der Waals surface area contributed by atoms with E-state index in [2.05, 4.69) is 74.5 Å². The summed E-state index contributed by atoms with van der Waals surface area (Å²) >= 11 is 0. The van der Waals surface area contributed by atoms with Crippen molar-refractivity contribution >= 4 is 21.5 Å². The maximum atomic E-state index is 5.97. The van der Waals surface area contributed by atoms with Gasteiger partial charge in [-0.05, 0) is 46.3 Å². The zero-order valence-corrected chi connectivity index (χ0v) is 15.3. The van der Waals surface area contributed by atoms with Crippen molar-refractivity contribution < 1.29 is 4.74 Å². The highest BCUT2D eigenvalue weighted by atomic mass is 16.5. The first kappa shape index (κ1) is 15.4. The summed E-state index contributed by atoms with van der Waals surface area (Å²) in [6, 6.07) is 21.7. The van der Waals surface area contributed by atoms with Gasteiger partial charge in [-0.25, -0.2) is 4.98 Å². The van der Waals surface area contributed by atoms with Gasteiger partial charge in [0.25, 0.3) is 0 Å². The summed E-state index contributed by atoms with van der Waals surface area (Å²) in [6.45, 7) is 7.14. The second-order valence-electron chi connectivity index (χ2n) is 7.49. The molecular weight excluding hydrogens is 318 g/mol. The number of pyridine rings is 1. The van der Waals surface area contributed by atoms with Gasteiger partial charge in [-0.2, -0.15) is 0 Å². The Morgan fingerprint density at radius 2 is 1.54 bits per heavy atom. The summed E-state index contributed by atoms with van der Waals surface area (Å²) in [6.07, 6.45) is 0. The molecule has 4 aromatic rings. The van der Waals surface area contributed by atoms with Crippen LogP contribution < -0.4 is 4.74 Å². The SMILES string of the molecule is CCOc1nc2c(c3cc4ccccc4cc13)-c1ccccc1C2(C)C. The van der Waals surface area contributed by atoms with Crippen molar-refractivity contribution in [1.29, 1.82) is 0 Å². The number of rotatable bonds is 2. The Labute approximate surface area is 153 Å². The maximum Gasteiger partial charge on any atom is 0.221 e. The van der Waals surface area contributed by atoms with Gasteiger partial charge in [0.15, 0.2) is 0 Å². The molecule has 0 saturated heterocycles. The summed E-state index contributed by atoms with van der Waals surface area (Å²) in [5, 5.41) is 4.79. The first-order chi connectivity index (χ1) is 12.6. The maximum absolute atomic E-state index is 5.97. The summed E-state index contributed by atoms with van der Waals surface area (Å²) in [7, 11) is 0. The van der Waals surface area contributed by atoms with E-state index in [1.165, 1.54) is 32.8 Å². The van der Waals surface area contributed by atoms with Gasteiger partial charge >= 0.3 is 0 Å². The van der Waals surface area contributed by atoms with Crippen molar-refractivity contribution in [3.05, 3.63) is 71.9 Å². The highest BCUT2D eigenvalue weighted by Crippen LogP contribution is 2.51. The summed E-state index contributed by atoms with van der Waals surface area (Å²) < 4.78 is 5.97. The molecule has 1 aliphatic rings. The standard InChI is InChI=1S/C24H21NO/c1-4-26-23-19-14-16-10-6-5-9-15(16)13-18(19)21-17-11-7-8-12-20(17)24(2,3)22(21)25-23/h5-14H,4H2,1-3H3. The molecule has 2 nitrogen and oxygen atoms in total. The lowest BCUT2D eigenvalue weighted by atomic mass is 9.85. The van der Waals surface area contributed by atoms with Gasteiger partial charge in [0.1, 0.15) is 0 Å². The second-order valence-corrected chi connectivity index (χ2v) is 7.49. The minimum atomic E-state index is -0.127. The number of benzene rings is 3. The number of hydrogen-bond acceptors (Lipinski definition) is 2. The third-order valence-corrected chi connectivity index (χ3v) is 5.58. The van der Waals surface area contributed by atoms with Gasteiger partial charge in [0.2, 0.25) is 5.88 Å². The fourth-order valence-electron chi connectivity index (χ4n) is 4.31. The third-order valence-electron chi connectivity index (χ3n) is 5.58. The van der Waals surface area contributed by atoms with Crippen molar-refractivity contribution in [2.24, 2.45) is 0 Å². The van der Waals surface area contributed by atoms with Crippen molar-refractivity contribution in [2.75, 3.05) is 6.61 Å². The highest BCUT2D eigenvalue weighted by molar-refractivity contribution is 6.09. The minimum Gasteiger partial charge on any atom is -0.478 e. The molecule has 0 unspecified atom stereocenters. The molecule has 26 heavy (non-hydrogen) atoms. The Morgan fingerprint density at radius 1 is 0.885 bits per heavy atom. The van der Waals surface area contributed by atoms with Crippen LogP contribution in [0, 0.1) is 0 Å². The molecule has 0 spiro atoms. The lowest BCUT2D eigenvalue weighted by Gasteiger charge is -2.21. The molecule has 0 radical (unpaired) electrons. The van der Waals surface area contributed by atoms with E-state index >= 15 is 0 Å². The molecule has 0 bridgehead atoms. The van der Waals surface area contributed by atoms with Gasteiger partial charge in [-0.15, -0.1) is 0 Å². The molecule has 1 aliphatic carbocycles. The molecule has 128 valence electrons. The van der Waals surface area contributed by atoms with E-state index in [0.29, 0.717) is 6.61 Å². The zero-order valence-electron chi connectivity index (χ0n) is 15.3. The molecule has 0 N–H and O–H groups in total. The quantitative estimate of drug-likeness (QED) is 0.412. The smallest absolute Gasteiger partial charge is 0.221 e. The van der Waals surface area contributed by atoms with E-state index in [9.17, 15) is 0 Å². The van der Waals surface area contributed by atoms with Gasteiger partial charge in [-0.3, -0.25) is 0 Å². The van der Waals surface area contributed by atoms with E-state index in [4.69, 9.17) is 9.72 Å². The molecule has 5 rings (SSSR count). The molecule has 0 fully saturated rings. The van der Waals surface area contributed by atoms with E-state index in [1.807, 2.05) is 6.92 Å². The van der Waals surface area contributed by atoms with Gasteiger partial charge in [-0.1, -0.05) is 62.4 Å². The molecule has 3 aromatic carbocycles. The number of aromatic nitrogens is 1. The molecule has 2 heteroatoms. The number of nitrogens with zero attached hydrogens (tertiary/aromatic N) is 1. The Balaban J connectivity index is 1.98. The van der Waals surface area contributed by atoms with Crippen LogP contribution in [-0.2, 0) is 5.41 Å². The highest BCUT2D eigenvalue weighted by Gasteiger charge is 2.38. The van der Waals surface area contributed by atoms with Gasteiger partial charge < -0.3 is 4.74 Å². The minimum absolute atomic E-state index is 0.127. The summed E-state index contributed by atoms with van der Waals surface area (Å²) in [5.74, 6) is 0.743. The largest absolute Gasteiger partial charge is 0.478 e. The molecule has 0 aliphatic heterocycles.